The topological polar surface area (TPSA) is 80.9 Å². The van der Waals surface area contributed by atoms with Crippen LogP contribution in [0.1, 0.15) is 63.2 Å². The Bertz CT molecular complexity index is 528. The minimum Gasteiger partial charge on any atom is -0.481 e. The van der Waals surface area contributed by atoms with Crippen LogP contribution in [0, 0.1) is 23.7 Å². The molecule has 4 fully saturated rings. The van der Waals surface area contributed by atoms with Gasteiger partial charge in [0.2, 0.25) is 0 Å². The quantitative estimate of drug-likeness (QED) is 0.919. The number of hydrogen-bond acceptors (Lipinski definition) is 4. The second-order valence-electron chi connectivity index (χ2n) is 7.39. The third kappa shape index (κ3) is 2.15. The molecule has 6 nitrogen and oxygen atoms in total. The van der Waals surface area contributed by atoms with Crippen LogP contribution < -0.4 is 0 Å². The van der Waals surface area contributed by atoms with Crippen LogP contribution in [0.25, 0.3) is 0 Å². The number of aromatic nitrogens is 4. The summed E-state index contributed by atoms with van der Waals surface area (Å²) in [6.45, 7) is 1.89. The Hall–Kier alpha value is -1.46. The van der Waals surface area contributed by atoms with Crippen LogP contribution in [0.5, 0.6) is 0 Å². The minimum absolute atomic E-state index is 0.0747. The fourth-order valence-electron chi connectivity index (χ4n) is 5.42. The van der Waals surface area contributed by atoms with E-state index in [9.17, 15) is 4.79 Å². The molecule has 1 aromatic heterocycles. The lowest BCUT2D eigenvalue weighted by Gasteiger charge is -2.53. The van der Waals surface area contributed by atoms with Crippen LogP contribution in [0.2, 0.25) is 0 Å². The number of carboxylic acid groups (broad SMARTS) is 1. The second kappa shape index (κ2) is 4.78. The Labute approximate surface area is 123 Å². The van der Waals surface area contributed by atoms with Crippen molar-refractivity contribution in [1.82, 2.24) is 20.2 Å². The molecule has 0 aliphatic heterocycles. The third-order valence-corrected chi connectivity index (χ3v) is 5.93. The molecule has 0 saturated heterocycles. The number of hydrogen-bond donors (Lipinski definition) is 1. The molecule has 4 aliphatic carbocycles. The monoisotopic (exact) mass is 290 g/mol. The van der Waals surface area contributed by atoms with E-state index >= 15 is 0 Å². The number of nitrogens with zero attached hydrogens (tertiary/aromatic N) is 4. The molecule has 0 aromatic carbocycles. The third-order valence-electron chi connectivity index (χ3n) is 5.93. The number of aliphatic carboxylic acids is 1. The SMILES string of the molecule is CC(CC(=O)O)n1nnnc1C1C2CC3CC(C2)CC1C3. The van der Waals surface area contributed by atoms with E-state index in [0.29, 0.717) is 17.8 Å². The number of tetrazole rings is 1. The van der Waals surface area contributed by atoms with Gasteiger partial charge in [-0.2, -0.15) is 0 Å². The van der Waals surface area contributed by atoms with Gasteiger partial charge in [0.25, 0.3) is 0 Å². The Kier molecular flexibility index (Phi) is 3.01. The summed E-state index contributed by atoms with van der Waals surface area (Å²) < 4.78 is 1.78. The Morgan fingerprint density at radius 2 is 1.86 bits per heavy atom. The van der Waals surface area contributed by atoms with E-state index in [-0.39, 0.29) is 12.5 Å². The fourth-order valence-corrected chi connectivity index (χ4v) is 5.42. The van der Waals surface area contributed by atoms with E-state index in [0.717, 1.165) is 17.7 Å². The van der Waals surface area contributed by atoms with E-state index in [2.05, 4.69) is 15.5 Å². The minimum atomic E-state index is -0.797. The molecule has 1 atom stereocenters. The molecule has 21 heavy (non-hydrogen) atoms. The van der Waals surface area contributed by atoms with Crippen molar-refractivity contribution in [3.63, 3.8) is 0 Å². The van der Waals surface area contributed by atoms with Crippen LogP contribution >= 0.6 is 0 Å². The van der Waals surface area contributed by atoms with E-state index in [1.54, 1.807) is 4.68 Å². The van der Waals surface area contributed by atoms with Gasteiger partial charge in [-0.05, 0) is 73.1 Å². The highest BCUT2D eigenvalue weighted by atomic mass is 16.4. The summed E-state index contributed by atoms with van der Waals surface area (Å²) in [5.41, 5.74) is 0. The van der Waals surface area contributed by atoms with Crippen molar-refractivity contribution in [1.29, 1.82) is 0 Å². The average Bonchev–Trinajstić information content (AvgIpc) is 2.85. The Balaban J connectivity index is 1.62. The first kappa shape index (κ1) is 13.2. The maximum Gasteiger partial charge on any atom is 0.305 e. The normalized spacial score (nSPS) is 38.6. The molecule has 0 amide bonds. The summed E-state index contributed by atoms with van der Waals surface area (Å²) in [6, 6.07) is -0.176. The predicted octanol–water partition coefficient (Wildman–Crippen LogP) is 2.25. The molecule has 1 unspecified atom stereocenters. The first-order valence-electron chi connectivity index (χ1n) is 8.11. The summed E-state index contributed by atoms with van der Waals surface area (Å²) >= 11 is 0. The summed E-state index contributed by atoms with van der Waals surface area (Å²) in [5, 5.41) is 21.3. The summed E-state index contributed by atoms with van der Waals surface area (Å²) in [4.78, 5) is 11.0. The van der Waals surface area contributed by atoms with Crippen LogP contribution in [0.15, 0.2) is 0 Å². The smallest absolute Gasteiger partial charge is 0.305 e. The van der Waals surface area contributed by atoms with Crippen molar-refractivity contribution in [3.8, 4) is 0 Å². The van der Waals surface area contributed by atoms with Crippen molar-refractivity contribution < 1.29 is 9.90 Å². The maximum absolute atomic E-state index is 11.0. The maximum atomic E-state index is 11.0. The molecule has 4 aliphatic rings. The van der Waals surface area contributed by atoms with Crippen molar-refractivity contribution in [2.75, 3.05) is 0 Å². The highest BCUT2D eigenvalue weighted by molar-refractivity contribution is 5.67. The summed E-state index contributed by atoms with van der Waals surface area (Å²) in [6.07, 6.45) is 6.77. The van der Waals surface area contributed by atoms with Gasteiger partial charge in [0.1, 0.15) is 0 Å². The van der Waals surface area contributed by atoms with Crippen molar-refractivity contribution in [2.45, 2.75) is 57.4 Å². The van der Waals surface area contributed by atoms with Gasteiger partial charge < -0.3 is 5.11 Å². The summed E-state index contributed by atoms with van der Waals surface area (Å²) in [5.74, 6) is 3.86. The number of rotatable bonds is 4. The van der Waals surface area contributed by atoms with Crippen molar-refractivity contribution >= 4 is 5.97 Å². The van der Waals surface area contributed by atoms with Crippen LogP contribution in [0.4, 0.5) is 0 Å². The second-order valence-corrected chi connectivity index (χ2v) is 7.39. The number of carboxylic acids is 1. The lowest BCUT2D eigenvalue weighted by molar-refractivity contribution is -0.137. The Morgan fingerprint density at radius 3 is 2.43 bits per heavy atom. The zero-order chi connectivity index (χ0) is 14.6. The van der Waals surface area contributed by atoms with Crippen LogP contribution in [-0.2, 0) is 4.79 Å². The summed E-state index contributed by atoms with van der Waals surface area (Å²) in [7, 11) is 0. The lowest BCUT2D eigenvalue weighted by Crippen LogP contribution is -2.44. The van der Waals surface area contributed by atoms with Gasteiger partial charge in [-0.1, -0.05) is 0 Å². The molecule has 0 radical (unpaired) electrons. The molecule has 4 bridgehead atoms. The standard InChI is InChI=1S/C15H22N4O2/c1-8(2-13(20)21)19-15(16-17-18-19)14-11-4-9-3-10(6-11)7-12(14)5-9/h8-12,14H,2-7H2,1H3,(H,20,21). The van der Waals surface area contributed by atoms with E-state index in [1.165, 1.54) is 32.1 Å². The molecule has 1 aromatic rings. The van der Waals surface area contributed by atoms with Crippen LogP contribution in [-0.4, -0.2) is 31.3 Å². The average molecular weight is 290 g/mol. The first-order valence-corrected chi connectivity index (χ1v) is 8.11. The molecule has 4 saturated carbocycles. The largest absolute Gasteiger partial charge is 0.481 e. The number of carbonyl (C=O) groups is 1. The molecule has 1 heterocycles. The molecule has 1 N–H and O–H groups in total. The van der Waals surface area contributed by atoms with Crippen LogP contribution in [0.3, 0.4) is 0 Å². The molecular weight excluding hydrogens is 268 g/mol. The molecule has 0 spiro atoms. The lowest BCUT2D eigenvalue weighted by atomic mass is 9.51. The molecule has 114 valence electrons. The highest BCUT2D eigenvalue weighted by Crippen LogP contribution is 2.59. The van der Waals surface area contributed by atoms with Gasteiger partial charge >= 0.3 is 5.97 Å². The van der Waals surface area contributed by atoms with E-state index in [4.69, 9.17) is 5.11 Å². The van der Waals surface area contributed by atoms with E-state index in [1.807, 2.05) is 6.92 Å². The predicted molar refractivity (Wildman–Crippen MR) is 74.6 cm³/mol. The van der Waals surface area contributed by atoms with Gasteiger partial charge in [-0.25, -0.2) is 4.68 Å². The first-order chi connectivity index (χ1) is 10.1. The molecule has 6 heteroatoms. The van der Waals surface area contributed by atoms with E-state index < -0.39 is 5.97 Å². The van der Waals surface area contributed by atoms with Crippen molar-refractivity contribution in [2.24, 2.45) is 23.7 Å². The van der Waals surface area contributed by atoms with Gasteiger partial charge in [-0.15, -0.1) is 5.10 Å². The fraction of sp³-hybridized carbons (Fsp3) is 0.867. The van der Waals surface area contributed by atoms with Gasteiger partial charge in [-0.3, -0.25) is 4.79 Å². The van der Waals surface area contributed by atoms with Gasteiger partial charge in [0.05, 0.1) is 12.5 Å². The van der Waals surface area contributed by atoms with Gasteiger partial charge in [0, 0.05) is 5.92 Å². The molecular formula is C15H22N4O2. The Morgan fingerprint density at radius 1 is 1.24 bits per heavy atom. The highest BCUT2D eigenvalue weighted by Gasteiger charge is 2.50. The molecule has 5 rings (SSSR count). The zero-order valence-corrected chi connectivity index (χ0v) is 12.4. The van der Waals surface area contributed by atoms with Gasteiger partial charge in [0.15, 0.2) is 5.82 Å². The zero-order valence-electron chi connectivity index (χ0n) is 12.4. The van der Waals surface area contributed by atoms with Crippen molar-refractivity contribution in [3.05, 3.63) is 5.82 Å².